The third-order valence-corrected chi connectivity index (χ3v) is 6.21. The summed E-state index contributed by atoms with van der Waals surface area (Å²) in [7, 11) is 0. The zero-order valence-electron chi connectivity index (χ0n) is 25.1. The Morgan fingerprint density at radius 1 is 0.432 bits per heavy atom. The van der Waals surface area contributed by atoms with Gasteiger partial charge < -0.3 is 33.5 Å². The third-order valence-electron chi connectivity index (χ3n) is 6.21. The summed E-state index contributed by atoms with van der Waals surface area (Å²) in [6.07, 6.45) is 16.4. The molecule has 0 bridgehead atoms. The van der Waals surface area contributed by atoms with Crippen LogP contribution in [0.15, 0.2) is 0 Å². The monoisotopic (exact) mass is 534 g/mol. The van der Waals surface area contributed by atoms with Crippen LogP contribution in [-0.4, -0.2) is 89.0 Å². The maximum atomic E-state index is 8.67. The minimum Gasteiger partial charge on any atom is -0.394 e. The Hall–Kier alpha value is -0.280. The molecule has 0 saturated carbocycles. The fourth-order valence-corrected chi connectivity index (χ4v) is 3.86. The maximum absolute atomic E-state index is 8.67. The Kier molecular flexibility index (Phi) is 28.5. The zero-order valence-corrected chi connectivity index (χ0v) is 25.1. The lowest BCUT2D eigenvalue weighted by molar-refractivity contribution is -0.0948. The molecule has 4 unspecified atom stereocenters. The topological polar surface area (TPSA) is 75.6 Å². The summed E-state index contributed by atoms with van der Waals surface area (Å²) in [4.78, 5) is 0. The van der Waals surface area contributed by atoms with Crippen LogP contribution in [0.4, 0.5) is 0 Å². The average Bonchev–Trinajstić information content (AvgIpc) is 2.89. The van der Waals surface area contributed by atoms with E-state index >= 15 is 0 Å². The van der Waals surface area contributed by atoms with Crippen molar-refractivity contribution in [2.45, 2.75) is 136 Å². The van der Waals surface area contributed by atoms with E-state index < -0.39 is 0 Å². The van der Waals surface area contributed by atoms with Crippen molar-refractivity contribution in [3.8, 4) is 0 Å². The highest BCUT2D eigenvalue weighted by Crippen LogP contribution is 2.12. The minimum absolute atomic E-state index is 0.00203. The van der Waals surface area contributed by atoms with E-state index in [4.69, 9.17) is 33.5 Å². The molecule has 0 saturated heterocycles. The lowest BCUT2D eigenvalue weighted by Gasteiger charge is -2.21. The van der Waals surface area contributed by atoms with E-state index in [2.05, 4.69) is 13.8 Å². The summed E-state index contributed by atoms with van der Waals surface area (Å²) < 4.78 is 34.1. The van der Waals surface area contributed by atoms with Crippen LogP contribution in [0.2, 0.25) is 0 Å². The fraction of sp³-hybridized carbons (Fsp3) is 1.00. The predicted octanol–water partition coefficient (Wildman–Crippen LogP) is 6.33. The molecule has 0 aliphatic carbocycles. The van der Waals surface area contributed by atoms with Gasteiger partial charge >= 0.3 is 0 Å². The number of aliphatic hydroxyl groups is 1. The van der Waals surface area contributed by atoms with Gasteiger partial charge in [0.25, 0.3) is 0 Å². The van der Waals surface area contributed by atoms with Gasteiger partial charge in [-0.2, -0.15) is 0 Å². The highest BCUT2D eigenvalue weighted by Gasteiger charge is 2.11. The number of hydrogen-bond donors (Lipinski definition) is 1. The Morgan fingerprint density at radius 3 is 1.35 bits per heavy atom. The molecule has 0 aliphatic heterocycles. The zero-order chi connectivity index (χ0) is 27.4. The smallest absolute Gasteiger partial charge is 0.0781 e. The first-order valence-corrected chi connectivity index (χ1v) is 15.2. The van der Waals surface area contributed by atoms with Gasteiger partial charge in [0.05, 0.1) is 77.3 Å². The molecule has 0 aliphatic rings. The van der Waals surface area contributed by atoms with Gasteiger partial charge in [0.1, 0.15) is 0 Å². The molecule has 0 heterocycles. The average molecular weight is 535 g/mol. The number of aliphatic hydroxyl groups excluding tert-OH is 1. The SMILES string of the molecule is CCCCCCCCCCCCCCOCC(C)OCC(C)OCC(C)OCC(C)OCCOCCO. The van der Waals surface area contributed by atoms with E-state index in [1.165, 1.54) is 70.6 Å². The Morgan fingerprint density at radius 2 is 0.865 bits per heavy atom. The van der Waals surface area contributed by atoms with Gasteiger partial charge in [-0.3, -0.25) is 0 Å². The van der Waals surface area contributed by atoms with Gasteiger partial charge in [-0.1, -0.05) is 77.6 Å². The molecule has 1 N–H and O–H groups in total. The molecule has 4 atom stereocenters. The lowest BCUT2D eigenvalue weighted by Crippen LogP contribution is -2.28. The molecule has 7 nitrogen and oxygen atoms in total. The first-order chi connectivity index (χ1) is 18.0. The molecular formula is C30H62O7. The largest absolute Gasteiger partial charge is 0.394 e. The van der Waals surface area contributed by atoms with Crippen LogP contribution in [-0.2, 0) is 28.4 Å². The predicted molar refractivity (Wildman–Crippen MR) is 151 cm³/mol. The Bertz CT molecular complexity index is 438. The molecular weight excluding hydrogens is 472 g/mol. The molecule has 224 valence electrons. The van der Waals surface area contributed by atoms with Crippen molar-refractivity contribution in [1.29, 1.82) is 0 Å². The van der Waals surface area contributed by atoms with Gasteiger partial charge in [0.15, 0.2) is 0 Å². The molecule has 37 heavy (non-hydrogen) atoms. The van der Waals surface area contributed by atoms with Crippen LogP contribution < -0.4 is 0 Å². The molecule has 7 heteroatoms. The van der Waals surface area contributed by atoms with Crippen LogP contribution in [0.1, 0.15) is 112 Å². The number of rotatable bonds is 30. The summed E-state index contributed by atoms with van der Waals surface area (Å²) in [5.74, 6) is 0. The van der Waals surface area contributed by atoms with Crippen LogP contribution in [0.5, 0.6) is 0 Å². The van der Waals surface area contributed by atoms with Crippen molar-refractivity contribution in [1.82, 2.24) is 0 Å². The van der Waals surface area contributed by atoms with Crippen molar-refractivity contribution in [3.05, 3.63) is 0 Å². The molecule has 0 amide bonds. The maximum Gasteiger partial charge on any atom is 0.0781 e. The van der Waals surface area contributed by atoms with Crippen LogP contribution in [0.3, 0.4) is 0 Å². The highest BCUT2D eigenvalue weighted by atomic mass is 16.6. The van der Waals surface area contributed by atoms with Crippen molar-refractivity contribution in [2.75, 3.05) is 59.5 Å². The van der Waals surface area contributed by atoms with Gasteiger partial charge in [0, 0.05) is 6.61 Å². The minimum atomic E-state index is -0.0181. The van der Waals surface area contributed by atoms with E-state index in [9.17, 15) is 0 Å². The van der Waals surface area contributed by atoms with Gasteiger partial charge in [-0.05, 0) is 34.1 Å². The Labute approximate surface area is 229 Å². The second-order valence-electron chi connectivity index (χ2n) is 10.4. The van der Waals surface area contributed by atoms with Crippen molar-refractivity contribution in [2.24, 2.45) is 0 Å². The molecule has 0 radical (unpaired) electrons. The van der Waals surface area contributed by atoms with E-state index in [0.29, 0.717) is 46.2 Å². The second kappa shape index (κ2) is 28.7. The number of ether oxygens (including phenoxy) is 6. The van der Waals surface area contributed by atoms with Crippen molar-refractivity contribution in [3.63, 3.8) is 0 Å². The van der Waals surface area contributed by atoms with Gasteiger partial charge in [0.2, 0.25) is 0 Å². The molecule has 0 rings (SSSR count). The molecule has 0 aromatic heterocycles. The van der Waals surface area contributed by atoms with E-state index in [0.717, 1.165) is 13.0 Å². The van der Waals surface area contributed by atoms with E-state index in [1.807, 2.05) is 20.8 Å². The van der Waals surface area contributed by atoms with Crippen molar-refractivity contribution >= 4 is 0 Å². The van der Waals surface area contributed by atoms with E-state index in [1.54, 1.807) is 0 Å². The molecule has 0 aromatic rings. The van der Waals surface area contributed by atoms with E-state index in [-0.39, 0.29) is 31.0 Å². The summed E-state index contributed by atoms with van der Waals surface area (Å²) in [6.45, 7) is 14.7. The summed E-state index contributed by atoms with van der Waals surface area (Å²) in [5, 5.41) is 8.67. The molecule has 0 fully saturated rings. The quantitative estimate of drug-likeness (QED) is 0.108. The Balaban J connectivity index is 3.47. The molecule has 0 spiro atoms. The van der Waals surface area contributed by atoms with Crippen LogP contribution >= 0.6 is 0 Å². The standard InChI is InChI=1S/C30H62O7/c1-6-7-8-9-10-11-12-13-14-15-16-17-19-33-23-27(2)35-25-29(4)37-26-30(5)36-24-28(3)34-22-21-32-20-18-31/h27-31H,6-26H2,1-5H3. The first-order valence-electron chi connectivity index (χ1n) is 15.2. The normalized spacial score (nSPS) is 15.1. The second-order valence-corrected chi connectivity index (χ2v) is 10.4. The lowest BCUT2D eigenvalue weighted by atomic mass is 10.1. The summed E-state index contributed by atoms with van der Waals surface area (Å²) >= 11 is 0. The summed E-state index contributed by atoms with van der Waals surface area (Å²) in [5.41, 5.74) is 0. The number of hydrogen-bond acceptors (Lipinski definition) is 7. The highest BCUT2D eigenvalue weighted by molar-refractivity contribution is 4.57. The van der Waals surface area contributed by atoms with Crippen LogP contribution in [0, 0.1) is 0 Å². The van der Waals surface area contributed by atoms with Gasteiger partial charge in [-0.25, -0.2) is 0 Å². The first kappa shape index (κ1) is 36.7. The van der Waals surface area contributed by atoms with Crippen LogP contribution in [0.25, 0.3) is 0 Å². The summed E-state index contributed by atoms with van der Waals surface area (Å²) in [6, 6.07) is 0. The number of unbranched alkanes of at least 4 members (excludes halogenated alkanes) is 11. The third kappa shape index (κ3) is 28.5. The van der Waals surface area contributed by atoms with Gasteiger partial charge in [-0.15, -0.1) is 0 Å². The van der Waals surface area contributed by atoms with Crippen molar-refractivity contribution < 1.29 is 33.5 Å². The fourth-order valence-electron chi connectivity index (χ4n) is 3.86. The molecule has 0 aromatic carbocycles.